The molecule has 1 aliphatic rings. The number of amides is 1. The number of nitrogens with zero attached hydrogens (tertiary/aromatic N) is 1. The summed E-state index contributed by atoms with van der Waals surface area (Å²) in [6.07, 6.45) is -0.0278. The maximum absolute atomic E-state index is 12.4. The molecule has 0 aliphatic carbocycles. The minimum absolute atomic E-state index is 0.0101. The van der Waals surface area contributed by atoms with Gasteiger partial charge in [0.1, 0.15) is 6.54 Å². The normalized spacial score (nSPS) is 31.2. The third-order valence-corrected chi connectivity index (χ3v) is 3.77. The Bertz CT molecular complexity index is 318. The van der Waals surface area contributed by atoms with Crippen molar-refractivity contribution in [2.75, 3.05) is 20.2 Å². The average Bonchev–Trinajstić information content (AvgIpc) is 2.59. The Balaban J connectivity index is 2.74. The van der Waals surface area contributed by atoms with E-state index < -0.39 is 5.97 Å². The molecule has 1 rings (SSSR count). The molecule has 0 radical (unpaired) electrons. The van der Waals surface area contributed by atoms with Gasteiger partial charge in [0.05, 0.1) is 25.2 Å². The molecule has 1 heterocycles. The molecule has 0 bridgehead atoms. The number of ether oxygens (including phenoxy) is 2. The predicted molar refractivity (Wildman–Crippen MR) is 66.9 cm³/mol. The van der Waals surface area contributed by atoms with Crippen molar-refractivity contribution in [2.45, 2.75) is 39.9 Å². The van der Waals surface area contributed by atoms with E-state index in [0.29, 0.717) is 6.54 Å². The maximum atomic E-state index is 12.4. The Labute approximate surface area is 108 Å². The lowest BCUT2D eigenvalue weighted by atomic mass is 9.88. The van der Waals surface area contributed by atoms with E-state index in [9.17, 15) is 9.59 Å². The maximum Gasteiger partial charge on any atom is 0.325 e. The summed E-state index contributed by atoms with van der Waals surface area (Å²) in [7, 11) is 1.33. The van der Waals surface area contributed by atoms with Gasteiger partial charge in [0.2, 0.25) is 5.91 Å². The smallest absolute Gasteiger partial charge is 0.325 e. The van der Waals surface area contributed by atoms with Gasteiger partial charge in [-0.2, -0.15) is 0 Å². The van der Waals surface area contributed by atoms with Crippen LogP contribution in [-0.2, 0) is 19.1 Å². The second-order valence-electron chi connectivity index (χ2n) is 4.86. The van der Waals surface area contributed by atoms with Crippen molar-refractivity contribution in [1.29, 1.82) is 0 Å². The molecule has 1 fully saturated rings. The van der Waals surface area contributed by atoms with Crippen LogP contribution in [-0.4, -0.2) is 49.2 Å². The average molecular weight is 257 g/mol. The molecule has 0 N–H and O–H groups in total. The number of carbonyl (C=O) groups is 2. The fourth-order valence-corrected chi connectivity index (χ4v) is 2.47. The monoisotopic (exact) mass is 257 g/mol. The molecule has 0 aromatic carbocycles. The number of carbonyl (C=O) groups excluding carboxylic acids is 2. The van der Waals surface area contributed by atoms with Crippen molar-refractivity contribution < 1.29 is 19.1 Å². The lowest BCUT2D eigenvalue weighted by Gasteiger charge is -2.26. The fourth-order valence-electron chi connectivity index (χ4n) is 2.47. The van der Waals surface area contributed by atoms with E-state index in [1.165, 1.54) is 12.0 Å². The molecule has 0 spiro atoms. The fraction of sp³-hybridized carbons (Fsp3) is 0.846. The molecule has 18 heavy (non-hydrogen) atoms. The predicted octanol–water partition coefficient (Wildman–Crippen LogP) is 1.07. The van der Waals surface area contributed by atoms with Crippen LogP contribution in [0.4, 0.5) is 0 Å². The Morgan fingerprint density at radius 1 is 1.22 bits per heavy atom. The number of hydrogen-bond acceptors (Lipinski definition) is 4. The molecule has 104 valence electrons. The first-order chi connectivity index (χ1) is 8.42. The van der Waals surface area contributed by atoms with E-state index >= 15 is 0 Å². The zero-order chi connectivity index (χ0) is 13.9. The minimum atomic E-state index is -0.391. The molecule has 1 amide bonds. The van der Waals surface area contributed by atoms with Crippen LogP contribution >= 0.6 is 0 Å². The van der Waals surface area contributed by atoms with Crippen LogP contribution in [0.25, 0.3) is 0 Å². The molecule has 5 heteroatoms. The Hall–Kier alpha value is -1.10. The van der Waals surface area contributed by atoms with Gasteiger partial charge in [0.15, 0.2) is 0 Å². The largest absolute Gasteiger partial charge is 0.468 e. The van der Waals surface area contributed by atoms with Gasteiger partial charge in [-0.15, -0.1) is 0 Å². The van der Waals surface area contributed by atoms with Gasteiger partial charge >= 0.3 is 5.97 Å². The van der Waals surface area contributed by atoms with Crippen LogP contribution in [0, 0.1) is 11.8 Å². The summed E-state index contributed by atoms with van der Waals surface area (Å²) < 4.78 is 10.3. The van der Waals surface area contributed by atoms with Gasteiger partial charge in [-0.05, 0) is 26.7 Å². The minimum Gasteiger partial charge on any atom is -0.468 e. The highest BCUT2D eigenvalue weighted by atomic mass is 16.5. The van der Waals surface area contributed by atoms with Crippen molar-refractivity contribution in [3.05, 3.63) is 0 Å². The Kier molecular flexibility index (Phi) is 5.14. The first-order valence-electron chi connectivity index (χ1n) is 6.43. The quantitative estimate of drug-likeness (QED) is 0.707. The van der Waals surface area contributed by atoms with Crippen molar-refractivity contribution >= 4 is 11.9 Å². The number of likely N-dealkylation sites (N-methyl/N-ethyl adjacent to an activating group) is 1. The first kappa shape index (κ1) is 15.0. The van der Waals surface area contributed by atoms with Crippen LogP contribution in [0.5, 0.6) is 0 Å². The molecule has 1 saturated heterocycles. The highest BCUT2D eigenvalue weighted by molar-refractivity contribution is 5.84. The van der Waals surface area contributed by atoms with Gasteiger partial charge in [-0.1, -0.05) is 6.92 Å². The third kappa shape index (κ3) is 3.02. The summed E-state index contributed by atoms with van der Waals surface area (Å²) in [5, 5.41) is 0. The summed E-state index contributed by atoms with van der Waals surface area (Å²) >= 11 is 0. The SMILES string of the molecule is CCN(CC(=O)OC)C(=O)C1C(C)OC(C)C1C. The second-order valence-corrected chi connectivity index (χ2v) is 4.86. The van der Waals surface area contributed by atoms with Crippen LogP contribution < -0.4 is 0 Å². The van der Waals surface area contributed by atoms with Gasteiger partial charge in [0.25, 0.3) is 0 Å². The van der Waals surface area contributed by atoms with Crippen molar-refractivity contribution in [3.63, 3.8) is 0 Å². The van der Waals surface area contributed by atoms with E-state index in [4.69, 9.17) is 4.74 Å². The van der Waals surface area contributed by atoms with Crippen LogP contribution in [0.3, 0.4) is 0 Å². The Morgan fingerprint density at radius 3 is 2.22 bits per heavy atom. The first-order valence-corrected chi connectivity index (χ1v) is 6.43. The van der Waals surface area contributed by atoms with Crippen molar-refractivity contribution in [2.24, 2.45) is 11.8 Å². The summed E-state index contributed by atoms with van der Waals surface area (Å²) in [6, 6.07) is 0. The van der Waals surface area contributed by atoms with Crippen LogP contribution in [0.1, 0.15) is 27.7 Å². The van der Waals surface area contributed by atoms with E-state index in [0.717, 1.165) is 0 Å². The molecule has 5 nitrogen and oxygen atoms in total. The Morgan fingerprint density at radius 2 is 1.83 bits per heavy atom. The zero-order valence-corrected chi connectivity index (χ0v) is 11.8. The summed E-state index contributed by atoms with van der Waals surface area (Å²) in [6.45, 7) is 8.27. The van der Waals surface area contributed by atoms with E-state index in [-0.39, 0.29) is 36.5 Å². The molecular formula is C13H23NO4. The van der Waals surface area contributed by atoms with Crippen molar-refractivity contribution in [3.8, 4) is 0 Å². The highest BCUT2D eigenvalue weighted by Gasteiger charge is 2.43. The van der Waals surface area contributed by atoms with Crippen LogP contribution in [0.15, 0.2) is 0 Å². The standard InChI is InChI=1S/C13H23NO4/c1-6-14(7-11(15)17-5)13(16)12-8(2)9(3)18-10(12)4/h8-10,12H,6-7H2,1-5H3. The number of rotatable bonds is 4. The van der Waals surface area contributed by atoms with Crippen molar-refractivity contribution in [1.82, 2.24) is 4.90 Å². The molecule has 4 unspecified atom stereocenters. The van der Waals surface area contributed by atoms with E-state index in [1.54, 1.807) is 0 Å². The number of hydrogen-bond donors (Lipinski definition) is 0. The topological polar surface area (TPSA) is 55.8 Å². The number of esters is 1. The molecule has 4 atom stereocenters. The second kappa shape index (κ2) is 6.18. The highest BCUT2D eigenvalue weighted by Crippen LogP contribution is 2.33. The molecule has 0 aromatic heterocycles. The van der Waals surface area contributed by atoms with E-state index in [1.807, 2.05) is 27.7 Å². The van der Waals surface area contributed by atoms with Gasteiger partial charge in [-0.25, -0.2) is 0 Å². The summed E-state index contributed by atoms with van der Waals surface area (Å²) in [4.78, 5) is 25.2. The molecular weight excluding hydrogens is 234 g/mol. The van der Waals surface area contributed by atoms with Crippen LogP contribution in [0.2, 0.25) is 0 Å². The lowest BCUT2D eigenvalue weighted by molar-refractivity contribution is -0.149. The molecule has 1 aliphatic heterocycles. The summed E-state index contributed by atoms with van der Waals surface area (Å²) in [5.74, 6) is -0.423. The molecule has 0 aromatic rings. The third-order valence-electron chi connectivity index (χ3n) is 3.77. The van der Waals surface area contributed by atoms with Gasteiger partial charge in [0, 0.05) is 6.54 Å². The molecule has 0 saturated carbocycles. The van der Waals surface area contributed by atoms with Gasteiger partial charge in [-0.3, -0.25) is 9.59 Å². The summed E-state index contributed by atoms with van der Waals surface area (Å²) in [5.41, 5.74) is 0. The number of methoxy groups -OCH3 is 1. The van der Waals surface area contributed by atoms with E-state index in [2.05, 4.69) is 4.74 Å². The lowest BCUT2D eigenvalue weighted by Crippen LogP contribution is -2.43. The van der Waals surface area contributed by atoms with Gasteiger partial charge < -0.3 is 14.4 Å². The zero-order valence-electron chi connectivity index (χ0n) is 11.8.